The molecule has 1 heterocycles. The lowest BCUT2D eigenvalue weighted by Crippen LogP contribution is -2.45. The van der Waals surface area contributed by atoms with Gasteiger partial charge in [0.1, 0.15) is 17.5 Å². The van der Waals surface area contributed by atoms with Crippen molar-refractivity contribution in [3.63, 3.8) is 0 Å². The first-order valence-corrected chi connectivity index (χ1v) is 12.1. The van der Waals surface area contributed by atoms with Gasteiger partial charge in [0.25, 0.3) is 11.8 Å². The maximum Gasteiger partial charge on any atom is 0.325 e. The Morgan fingerprint density at radius 3 is 2.22 bits per heavy atom. The van der Waals surface area contributed by atoms with Gasteiger partial charge in [-0.1, -0.05) is 30.3 Å². The fraction of sp³-hybridized carbons (Fsp3) is 0.240. The van der Waals surface area contributed by atoms with Crippen LogP contribution in [0.2, 0.25) is 0 Å². The molecule has 0 aliphatic carbocycles. The number of carbonyl (C=O) groups is 4. The number of hydrogen-bond donors (Lipinski definition) is 3. The van der Waals surface area contributed by atoms with E-state index in [1.165, 1.54) is 4.90 Å². The fourth-order valence-electron chi connectivity index (χ4n) is 3.55. The number of benzene rings is 2. The van der Waals surface area contributed by atoms with Crippen LogP contribution in [0.4, 0.5) is 17.1 Å². The van der Waals surface area contributed by atoms with Gasteiger partial charge < -0.3 is 26.4 Å². The number of rotatable bonds is 10. The van der Waals surface area contributed by atoms with E-state index in [0.29, 0.717) is 22.8 Å². The molecule has 0 spiro atoms. The molecule has 11 nitrogen and oxygen atoms in total. The Kier molecular flexibility index (Phi) is 8.80. The number of nitrogens with two attached hydrogens (primary N) is 2. The molecule has 3 amide bonds. The third-order valence-corrected chi connectivity index (χ3v) is 6.20. The van der Waals surface area contributed by atoms with Crippen LogP contribution in [-0.4, -0.2) is 55.3 Å². The van der Waals surface area contributed by atoms with Crippen LogP contribution < -0.4 is 26.6 Å². The second kappa shape index (κ2) is 12.0. The van der Waals surface area contributed by atoms with Crippen LogP contribution in [0.15, 0.2) is 54.6 Å². The van der Waals surface area contributed by atoms with Gasteiger partial charge in [0.05, 0.1) is 12.3 Å². The molecule has 37 heavy (non-hydrogen) atoms. The van der Waals surface area contributed by atoms with Crippen LogP contribution in [0.1, 0.15) is 38.7 Å². The smallest absolute Gasteiger partial charge is 0.325 e. The van der Waals surface area contributed by atoms with E-state index in [1.54, 1.807) is 61.5 Å². The average Bonchev–Trinajstić information content (AvgIpc) is 3.27. The van der Waals surface area contributed by atoms with Crippen molar-refractivity contribution in [3.8, 4) is 0 Å². The summed E-state index contributed by atoms with van der Waals surface area (Å²) in [6.45, 7) is 1.43. The number of hydrogen-bond acceptors (Lipinski definition) is 9. The van der Waals surface area contributed by atoms with Crippen molar-refractivity contribution < 1.29 is 23.9 Å². The number of nitrogens with zero attached hydrogens (tertiary/aromatic N) is 3. The van der Waals surface area contributed by atoms with E-state index in [0.717, 1.165) is 5.69 Å². The molecule has 0 unspecified atom stereocenters. The van der Waals surface area contributed by atoms with Crippen molar-refractivity contribution in [2.75, 3.05) is 42.8 Å². The number of primary amides is 1. The highest BCUT2D eigenvalue weighted by molar-refractivity contribution is 7.09. The molecule has 0 saturated carbocycles. The molecule has 0 fully saturated rings. The summed E-state index contributed by atoms with van der Waals surface area (Å²) in [6.07, 6.45) is 0. The lowest BCUT2D eigenvalue weighted by Gasteiger charge is -2.31. The van der Waals surface area contributed by atoms with Crippen LogP contribution >= 0.6 is 11.5 Å². The largest absolute Gasteiger partial charge is 0.465 e. The van der Waals surface area contributed by atoms with Crippen LogP contribution in [0.25, 0.3) is 0 Å². The first-order valence-electron chi connectivity index (χ1n) is 11.3. The molecule has 0 bridgehead atoms. The summed E-state index contributed by atoms with van der Waals surface area (Å²) in [4.78, 5) is 54.2. The van der Waals surface area contributed by atoms with Gasteiger partial charge >= 0.3 is 5.97 Å². The number of esters is 1. The zero-order valence-corrected chi connectivity index (χ0v) is 21.5. The number of para-hydroxylation sites is 1. The molecule has 3 rings (SSSR count). The lowest BCUT2D eigenvalue weighted by molar-refractivity contribution is -0.143. The quantitative estimate of drug-likeness (QED) is 0.339. The van der Waals surface area contributed by atoms with E-state index in [-0.39, 0.29) is 29.4 Å². The van der Waals surface area contributed by atoms with Gasteiger partial charge in [0.2, 0.25) is 5.91 Å². The monoisotopic (exact) mass is 524 g/mol. The highest BCUT2D eigenvalue weighted by Gasteiger charge is 2.36. The molecule has 0 aliphatic rings. The summed E-state index contributed by atoms with van der Waals surface area (Å²) in [5.41, 5.74) is 12.7. The number of amides is 3. The van der Waals surface area contributed by atoms with E-state index >= 15 is 0 Å². The number of carbonyl (C=O) groups excluding carboxylic acids is 4. The topological polar surface area (TPSA) is 161 Å². The summed E-state index contributed by atoms with van der Waals surface area (Å²) >= 11 is 0.712. The van der Waals surface area contributed by atoms with Gasteiger partial charge in [0, 0.05) is 25.5 Å². The summed E-state index contributed by atoms with van der Waals surface area (Å²) < 4.78 is 8.84. The molecule has 2 aromatic carbocycles. The van der Waals surface area contributed by atoms with Gasteiger partial charge in [-0.3, -0.25) is 24.1 Å². The molecule has 0 radical (unpaired) electrons. The Hall–Kier alpha value is -4.45. The van der Waals surface area contributed by atoms with E-state index in [9.17, 15) is 19.2 Å². The second-order valence-corrected chi connectivity index (χ2v) is 8.83. The predicted octanol–water partition coefficient (Wildman–Crippen LogP) is 1.96. The second-order valence-electron chi connectivity index (χ2n) is 8.06. The van der Waals surface area contributed by atoms with Crippen LogP contribution in [0.3, 0.4) is 0 Å². The van der Waals surface area contributed by atoms with Crippen molar-refractivity contribution in [3.05, 3.63) is 70.7 Å². The van der Waals surface area contributed by atoms with Crippen molar-refractivity contribution in [1.82, 2.24) is 9.69 Å². The van der Waals surface area contributed by atoms with Crippen molar-refractivity contribution in [1.29, 1.82) is 0 Å². The third kappa shape index (κ3) is 6.22. The van der Waals surface area contributed by atoms with Gasteiger partial charge in [-0.05, 0) is 48.3 Å². The lowest BCUT2D eigenvalue weighted by atomic mass is 10.0. The molecular formula is C25H28N6O5S. The molecule has 3 aromatic rings. The maximum atomic E-state index is 13.9. The normalized spacial score (nSPS) is 11.3. The highest BCUT2D eigenvalue weighted by Crippen LogP contribution is 2.33. The molecule has 0 saturated heterocycles. The summed E-state index contributed by atoms with van der Waals surface area (Å²) in [6, 6.07) is 14.3. The van der Waals surface area contributed by atoms with Gasteiger partial charge in [-0.15, -0.1) is 0 Å². The average molecular weight is 525 g/mol. The maximum absolute atomic E-state index is 13.9. The molecule has 1 atom stereocenters. The predicted molar refractivity (Wildman–Crippen MR) is 141 cm³/mol. The molecule has 1 aromatic heterocycles. The first kappa shape index (κ1) is 27.1. The molecule has 12 heteroatoms. The Balaban J connectivity index is 2.13. The number of nitrogen functional groups attached to an aromatic ring is 1. The molecule has 5 N–H and O–H groups in total. The standard InChI is InChI=1S/C25H28N6O5S/c1-4-36-18(32)14-28-24(34)21(15-10-12-16(13-11-15)30(2)3)31(17-8-6-5-7-9-17)25(35)22-19(26)20(23(27)33)29-37-22/h5-13,21H,4,14,26H2,1-3H3,(H2,27,33)(H,28,34)/t21-/m0/s1. The van der Waals surface area contributed by atoms with Crippen molar-refractivity contribution in [2.24, 2.45) is 5.73 Å². The molecule has 194 valence electrons. The number of nitrogens with one attached hydrogen (secondary N) is 1. The minimum atomic E-state index is -1.21. The number of ether oxygens (including phenoxy) is 1. The van der Waals surface area contributed by atoms with E-state index < -0.39 is 29.7 Å². The van der Waals surface area contributed by atoms with Gasteiger partial charge in [-0.25, -0.2) is 0 Å². The van der Waals surface area contributed by atoms with Crippen molar-refractivity contribution >= 4 is 52.3 Å². The minimum Gasteiger partial charge on any atom is -0.465 e. The van der Waals surface area contributed by atoms with E-state index in [1.807, 2.05) is 19.0 Å². The van der Waals surface area contributed by atoms with Crippen LogP contribution in [-0.2, 0) is 14.3 Å². The Labute approximate surface area is 218 Å². The Morgan fingerprint density at radius 1 is 1.03 bits per heavy atom. The fourth-order valence-corrected chi connectivity index (χ4v) is 4.29. The zero-order chi connectivity index (χ0) is 27.1. The summed E-state index contributed by atoms with van der Waals surface area (Å²) in [5, 5.41) is 2.56. The van der Waals surface area contributed by atoms with Crippen LogP contribution in [0, 0.1) is 0 Å². The zero-order valence-electron chi connectivity index (χ0n) is 20.6. The number of anilines is 3. The number of aromatic nitrogens is 1. The first-order chi connectivity index (χ1) is 17.6. The Bertz CT molecular complexity index is 1280. The SMILES string of the molecule is CCOC(=O)CNC(=O)[C@H](c1ccc(N(C)C)cc1)N(C(=O)c1snc(C(N)=O)c1N)c1ccccc1. The van der Waals surface area contributed by atoms with Crippen molar-refractivity contribution in [2.45, 2.75) is 13.0 Å². The summed E-state index contributed by atoms with van der Waals surface area (Å²) in [7, 11) is 3.75. The third-order valence-electron chi connectivity index (χ3n) is 5.35. The molecule has 0 aliphatic heterocycles. The Morgan fingerprint density at radius 2 is 1.68 bits per heavy atom. The van der Waals surface area contributed by atoms with Gasteiger partial charge in [0.15, 0.2) is 5.69 Å². The van der Waals surface area contributed by atoms with Gasteiger partial charge in [-0.2, -0.15) is 4.37 Å². The van der Waals surface area contributed by atoms with E-state index in [2.05, 4.69) is 9.69 Å². The van der Waals surface area contributed by atoms with E-state index in [4.69, 9.17) is 16.2 Å². The summed E-state index contributed by atoms with van der Waals surface area (Å²) in [5.74, 6) is -2.78. The van der Waals surface area contributed by atoms with Crippen LogP contribution in [0.5, 0.6) is 0 Å². The highest BCUT2D eigenvalue weighted by atomic mass is 32.1. The minimum absolute atomic E-state index is 0.0502. The molecular weight excluding hydrogens is 496 g/mol.